The Balaban J connectivity index is 1.38. The van der Waals surface area contributed by atoms with Gasteiger partial charge in [0.25, 0.3) is 5.69 Å². The van der Waals surface area contributed by atoms with E-state index in [0.717, 1.165) is 30.5 Å². The number of carbonyl (C=O) groups is 1. The number of hydrogen-bond acceptors (Lipinski definition) is 6. The zero-order valence-electron chi connectivity index (χ0n) is 15.2. The average Bonchev–Trinajstić information content (AvgIpc) is 3.12. The number of benzene rings is 2. The van der Waals surface area contributed by atoms with Crippen LogP contribution in [0.5, 0.6) is 0 Å². The number of rotatable bonds is 5. The lowest BCUT2D eigenvalue weighted by molar-refractivity contribution is -0.384. The summed E-state index contributed by atoms with van der Waals surface area (Å²) in [5.41, 5.74) is 1.99. The van der Waals surface area contributed by atoms with Crippen molar-refractivity contribution < 1.29 is 14.1 Å². The zero-order chi connectivity index (χ0) is 19.5. The number of likely N-dealkylation sites (tertiary alicyclic amines) is 1. The van der Waals surface area contributed by atoms with Crippen molar-refractivity contribution in [3.63, 3.8) is 0 Å². The molecule has 0 bridgehead atoms. The van der Waals surface area contributed by atoms with Gasteiger partial charge in [0.2, 0.25) is 5.91 Å². The number of carbonyl (C=O) groups excluding carboxylic acids is 1. The Morgan fingerprint density at radius 1 is 1.29 bits per heavy atom. The van der Waals surface area contributed by atoms with Gasteiger partial charge in [-0.1, -0.05) is 18.2 Å². The second-order valence-corrected chi connectivity index (χ2v) is 6.95. The first-order chi connectivity index (χ1) is 13.6. The first-order valence-electron chi connectivity index (χ1n) is 9.20. The molecule has 28 heavy (non-hydrogen) atoms. The third-order valence-corrected chi connectivity index (χ3v) is 4.87. The molecule has 0 saturated carbocycles. The lowest BCUT2D eigenvalue weighted by Crippen LogP contribution is -2.39. The maximum absolute atomic E-state index is 12.4. The summed E-state index contributed by atoms with van der Waals surface area (Å²) in [5.74, 6) is 0.662. The largest absolute Gasteiger partial charge is 0.440 e. The predicted octanol–water partition coefficient (Wildman–Crippen LogP) is 3.55. The Kier molecular flexibility index (Phi) is 5.03. The van der Waals surface area contributed by atoms with Crippen molar-refractivity contribution in [2.24, 2.45) is 0 Å². The minimum absolute atomic E-state index is 0.0493. The van der Waals surface area contributed by atoms with Gasteiger partial charge < -0.3 is 9.73 Å². The summed E-state index contributed by atoms with van der Waals surface area (Å²) in [7, 11) is 0. The number of piperidine rings is 1. The van der Waals surface area contributed by atoms with Crippen LogP contribution in [0.3, 0.4) is 0 Å². The highest BCUT2D eigenvalue weighted by molar-refractivity contribution is 5.92. The summed E-state index contributed by atoms with van der Waals surface area (Å²) in [5, 5.41) is 13.6. The number of nitrogens with one attached hydrogen (secondary N) is 1. The predicted molar refractivity (Wildman–Crippen MR) is 104 cm³/mol. The first kappa shape index (κ1) is 18.1. The van der Waals surface area contributed by atoms with E-state index in [4.69, 9.17) is 4.42 Å². The number of fused-ring (bicyclic) bond motifs is 1. The maximum atomic E-state index is 12.4. The van der Waals surface area contributed by atoms with E-state index in [9.17, 15) is 14.9 Å². The van der Waals surface area contributed by atoms with Crippen molar-refractivity contribution in [2.75, 3.05) is 25.0 Å². The van der Waals surface area contributed by atoms with Crippen molar-refractivity contribution in [2.45, 2.75) is 18.8 Å². The summed E-state index contributed by atoms with van der Waals surface area (Å²) in [6.07, 6.45) is 1.92. The number of non-ortho nitro benzene ring substituents is 1. The molecule has 1 unspecified atom stereocenters. The average molecular weight is 380 g/mol. The molecule has 8 heteroatoms. The normalized spacial score (nSPS) is 17.5. The van der Waals surface area contributed by atoms with Crippen LogP contribution in [-0.4, -0.2) is 40.3 Å². The molecular weight excluding hydrogens is 360 g/mol. The fourth-order valence-corrected chi connectivity index (χ4v) is 3.57. The molecule has 1 fully saturated rings. The van der Waals surface area contributed by atoms with Crippen LogP contribution in [0.2, 0.25) is 0 Å². The Labute approximate surface area is 161 Å². The minimum atomic E-state index is -0.481. The quantitative estimate of drug-likeness (QED) is 0.536. The summed E-state index contributed by atoms with van der Waals surface area (Å²) in [6, 6.07) is 13.6. The number of oxazole rings is 1. The second kappa shape index (κ2) is 7.77. The number of amides is 1. The van der Waals surface area contributed by atoms with Crippen molar-refractivity contribution in [3.05, 3.63) is 64.5 Å². The van der Waals surface area contributed by atoms with E-state index in [1.54, 1.807) is 12.1 Å². The van der Waals surface area contributed by atoms with Crippen LogP contribution < -0.4 is 5.32 Å². The van der Waals surface area contributed by atoms with Gasteiger partial charge in [0.15, 0.2) is 11.5 Å². The van der Waals surface area contributed by atoms with E-state index in [0.29, 0.717) is 18.1 Å². The van der Waals surface area contributed by atoms with Crippen molar-refractivity contribution in [1.29, 1.82) is 0 Å². The molecule has 1 N–H and O–H groups in total. The molecule has 1 aliphatic heterocycles. The van der Waals surface area contributed by atoms with Gasteiger partial charge in [-0.25, -0.2) is 4.98 Å². The number of hydrogen-bond donors (Lipinski definition) is 1. The number of anilines is 1. The third kappa shape index (κ3) is 4.01. The molecule has 1 saturated heterocycles. The van der Waals surface area contributed by atoms with Gasteiger partial charge in [-0.2, -0.15) is 0 Å². The van der Waals surface area contributed by atoms with E-state index in [1.165, 1.54) is 12.1 Å². The fraction of sp³-hybridized carbons (Fsp3) is 0.300. The molecular formula is C20H20N4O4. The van der Waals surface area contributed by atoms with Crippen LogP contribution in [0.15, 0.2) is 52.9 Å². The number of nitro benzene ring substituents is 1. The first-order valence-corrected chi connectivity index (χ1v) is 9.20. The number of para-hydroxylation sites is 2. The second-order valence-electron chi connectivity index (χ2n) is 6.95. The molecule has 1 aromatic heterocycles. The van der Waals surface area contributed by atoms with Crippen LogP contribution in [0, 0.1) is 10.1 Å². The van der Waals surface area contributed by atoms with E-state index in [2.05, 4.69) is 15.2 Å². The molecule has 4 rings (SSSR count). The molecule has 2 heterocycles. The Bertz CT molecular complexity index is 983. The Morgan fingerprint density at radius 3 is 2.96 bits per heavy atom. The molecule has 8 nitrogen and oxygen atoms in total. The van der Waals surface area contributed by atoms with Crippen LogP contribution >= 0.6 is 0 Å². The number of nitrogens with zero attached hydrogens (tertiary/aromatic N) is 3. The number of nitro groups is 1. The standard InChI is InChI=1S/C20H20N4O4/c25-19(21-15-6-3-7-16(11-15)24(26)27)13-23-10-4-5-14(12-23)20-22-17-8-1-2-9-18(17)28-20/h1-3,6-9,11,14H,4-5,10,12-13H2,(H,21,25). The van der Waals surface area contributed by atoms with Gasteiger partial charge in [-0.3, -0.25) is 19.8 Å². The Morgan fingerprint density at radius 2 is 2.14 bits per heavy atom. The number of aromatic nitrogens is 1. The van der Waals surface area contributed by atoms with Crippen molar-refractivity contribution >= 4 is 28.4 Å². The molecule has 3 aromatic rings. The van der Waals surface area contributed by atoms with Crippen LogP contribution in [0.25, 0.3) is 11.1 Å². The molecule has 0 radical (unpaired) electrons. The lowest BCUT2D eigenvalue weighted by atomic mass is 9.98. The zero-order valence-corrected chi connectivity index (χ0v) is 15.2. The highest BCUT2D eigenvalue weighted by atomic mass is 16.6. The van der Waals surface area contributed by atoms with Crippen LogP contribution in [-0.2, 0) is 4.79 Å². The van der Waals surface area contributed by atoms with Crippen molar-refractivity contribution in [3.8, 4) is 0 Å². The van der Waals surface area contributed by atoms with Gasteiger partial charge >= 0.3 is 0 Å². The molecule has 0 spiro atoms. The summed E-state index contributed by atoms with van der Waals surface area (Å²) in [6.45, 7) is 1.73. The van der Waals surface area contributed by atoms with E-state index < -0.39 is 4.92 Å². The molecule has 1 aliphatic rings. The third-order valence-electron chi connectivity index (χ3n) is 4.87. The monoisotopic (exact) mass is 380 g/mol. The van der Waals surface area contributed by atoms with Gasteiger partial charge in [0, 0.05) is 30.3 Å². The molecule has 0 aliphatic carbocycles. The van der Waals surface area contributed by atoms with Gasteiger partial charge in [0.1, 0.15) is 5.52 Å². The highest BCUT2D eigenvalue weighted by Crippen LogP contribution is 2.29. The SMILES string of the molecule is O=C(CN1CCCC(c2nc3ccccc3o2)C1)Nc1cccc([N+](=O)[O-])c1. The molecule has 144 valence electrons. The Hall–Kier alpha value is -3.26. The summed E-state index contributed by atoms with van der Waals surface area (Å²) < 4.78 is 5.89. The molecule has 1 atom stereocenters. The van der Waals surface area contributed by atoms with Crippen LogP contribution in [0.4, 0.5) is 11.4 Å². The van der Waals surface area contributed by atoms with Gasteiger partial charge in [-0.05, 0) is 37.6 Å². The van der Waals surface area contributed by atoms with E-state index in [1.807, 2.05) is 24.3 Å². The topological polar surface area (TPSA) is 102 Å². The minimum Gasteiger partial charge on any atom is -0.440 e. The highest BCUT2D eigenvalue weighted by Gasteiger charge is 2.26. The van der Waals surface area contributed by atoms with Gasteiger partial charge in [-0.15, -0.1) is 0 Å². The maximum Gasteiger partial charge on any atom is 0.271 e. The summed E-state index contributed by atoms with van der Waals surface area (Å²) in [4.78, 5) is 29.4. The molecule has 2 aromatic carbocycles. The molecule has 1 amide bonds. The van der Waals surface area contributed by atoms with Crippen LogP contribution in [0.1, 0.15) is 24.7 Å². The smallest absolute Gasteiger partial charge is 0.271 e. The summed E-state index contributed by atoms with van der Waals surface area (Å²) >= 11 is 0. The van der Waals surface area contributed by atoms with Gasteiger partial charge in [0.05, 0.1) is 11.5 Å². The van der Waals surface area contributed by atoms with Crippen molar-refractivity contribution in [1.82, 2.24) is 9.88 Å². The van der Waals surface area contributed by atoms with E-state index in [-0.39, 0.29) is 24.1 Å². The lowest BCUT2D eigenvalue weighted by Gasteiger charge is -2.30. The van der Waals surface area contributed by atoms with E-state index >= 15 is 0 Å². The fourth-order valence-electron chi connectivity index (χ4n) is 3.57.